The first-order valence-corrected chi connectivity index (χ1v) is 13.7. The van der Waals surface area contributed by atoms with E-state index in [4.69, 9.17) is 9.16 Å². The molecule has 0 aliphatic carbocycles. The Labute approximate surface area is 182 Å². The molecule has 2 rings (SSSR count). The van der Waals surface area contributed by atoms with Crippen LogP contribution in [-0.2, 0) is 18.8 Å². The van der Waals surface area contributed by atoms with Gasteiger partial charge in [-0.3, -0.25) is 9.59 Å². The lowest BCUT2D eigenvalue weighted by molar-refractivity contribution is -0.160. The van der Waals surface area contributed by atoms with Crippen LogP contribution in [0.15, 0.2) is 12.7 Å². The van der Waals surface area contributed by atoms with Crippen LogP contribution in [0, 0.1) is 17.3 Å². The number of nitrogens with zero attached hydrogens (tertiary/aromatic N) is 1. The van der Waals surface area contributed by atoms with Crippen molar-refractivity contribution in [2.24, 2.45) is 17.3 Å². The second-order valence-corrected chi connectivity index (χ2v) is 12.3. The number of carbonyl (C=O) groups is 3. The third-order valence-corrected chi connectivity index (χ3v) is 7.69. The number of hydrogen-bond donors (Lipinski definition) is 1. The molecule has 1 N–H and O–H groups in total. The summed E-state index contributed by atoms with van der Waals surface area (Å²) in [6.07, 6.45) is 1.98. The molecule has 170 valence electrons. The van der Waals surface area contributed by atoms with Crippen LogP contribution >= 0.6 is 0 Å². The molecule has 2 amide bonds. The molecule has 2 heterocycles. The van der Waals surface area contributed by atoms with Gasteiger partial charge < -0.3 is 19.4 Å². The normalized spacial score (nSPS) is 28.5. The summed E-state index contributed by atoms with van der Waals surface area (Å²) in [6, 6.07) is -0.465. The second kappa shape index (κ2) is 9.22. The van der Waals surface area contributed by atoms with Gasteiger partial charge in [-0.1, -0.05) is 33.4 Å². The molecule has 2 unspecified atom stereocenters. The van der Waals surface area contributed by atoms with Crippen molar-refractivity contribution in [1.82, 2.24) is 10.2 Å². The van der Waals surface area contributed by atoms with Crippen molar-refractivity contribution >= 4 is 26.8 Å². The average Bonchev–Trinajstić information content (AvgIpc) is 2.98. The molecule has 0 aromatic carbocycles. The van der Waals surface area contributed by atoms with Gasteiger partial charge in [0.05, 0.1) is 17.6 Å². The summed E-state index contributed by atoms with van der Waals surface area (Å²) >= 11 is 0. The molecule has 0 aromatic heterocycles. The van der Waals surface area contributed by atoms with Gasteiger partial charge in [0.25, 0.3) is 0 Å². The van der Waals surface area contributed by atoms with E-state index in [2.05, 4.69) is 45.8 Å². The van der Waals surface area contributed by atoms with E-state index >= 15 is 0 Å². The van der Waals surface area contributed by atoms with E-state index < -0.39 is 20.7 Å². The Morgan fingerprint density at radius 2 is 1.93 bits per heavy atom. The van der Waals surface area contributed by atoms with Gasteiger partial charge >= 0.3 is 6.09 Å². The number of hydrogen-bond acceptors (Lipinski definition) is 5. The highest BCUT2D eigenvalue weighted by Gasteiger charge is 2.57. The van der Waals surface area contributed by atoms with E-state index in [9.17, 15) is 14.4 Å². The lowest BCUT2D eigenvalue weighted by Crippen LogP contribution is -2.70. The number of amides is 2. The van der Waals surface area contributed by atoms with Crippen LogP contribution in [-0.4, -0.2) is 62.6 Å². The molecule has 30 heavy (non-hydrogen) atoms. The molecule has 2 fully saturated rings. The zero-order valence-corrected chi connectivity index (χ0v) is 20.6. The van der Waals surface area contributed by atoms with Gasteiger partial charge in [-0.25, -0.2) is 4.79 Å². The van der Waals surface area contributed by atoms with Crippen LogP contribution in [0.4, 0.5) is 4.79 Å². The van der Waals surface area contributed by atoms with Crippen molar-refractivity contribution in [3.63, 3.8) is 0 Å². The zero-order valence-electron chi connectivity index (χ0n) is 19.5. The Morgan fingerprint density at radius 1 is 1.30 bits per heavy atom. The van der Waals surface area contributed by atoms with Crippen LogP contribution in [0.1, 0.15) is 47.5 Å². The van der Waals surface area contributed by atoms with Gasteiger partial charge in [-0.15, -0.1) is 0 Å². The average molecular weight is 439 g/mol. The van der Waals surface area contributed by atoms with Crippen LogP contribution in [0.25, 0.3) is 0 Å². The molecule has 2 aliphatic heterocycles. The van der Waals surface area contributed by atoms with Gasteiger partial charge in [-0.2, -0.15) is 0 Å². The highest BCUT2D eigenvalue weighted by molar-refractivity contribution is 6.48. The maximum absolute atomic E-state index is 13.1. The molecule has 7 nitrogen and oxygen atoms in total. The molecule has 0 bridgehead atoms. The topological polar surface area (TPSA) is 84.9 Å². The molecule has 5 atom stereocenters. The first kappa shape index (κ1) is 24.6. The minimum atomic E-state index is -1.41. The first-order chi connectivity index (χ1) is 13.8. The fourth-order valence-corrected chi connectivity index (χ4v) is 6.14. The van der Waals surface area contributed by atoms with E-state index in [1.54, 1.807) is 4.90 Å². The number of β-lactam (4-membered cyclic amide) rings is 1. The summed E-state index contributed by atoms with van der Waals surface area (Å²) in [5, 5.41) is 2.93. The monoisotopic (exact) mass is 438 g/mol. The number of ketones is 1. The van der Waals surface area contributed by atoms with E-state index in [0.717, 1.165) is 0 Å². The number of likely N-dealkylation sites (tertiary alicyclic amines) is 1. The Morgan fingerprint density at radius 3 is 2.43 bits per heavy atom. The lowest BCUT2D eigenvalue weighted by Gasteiger charge is -2.54. The molecular formula is C22H38N2O5Si. The zero-order chi connectivity index (χ0) is 22.9. The van der Waals surface area contributed by atoms with Gasteiger partial charge in [0.1, 0.15) is 12.4 Å². The Bertz CT molecular complexity index is 690. The van der Waals surface area contributed by atoms with Crippen molar-refractivity contribution in [1.29, 1.82) is 0 Å². The van der Waals surface area contributed by atoms with Crippen molar-refractivity contribution in [2.75, 3.05) is 13.2 Å². The lowest BCUT2D eigenvalue weighted by atomic mass is 9.63. The predicted octanol–water partition coefficient (Wildman–Crippen LogP) is 2.90. The minimum absolute atomic E-state index is 0.0472. The summed E-state index contributed by atoms with van der Waals surface area (Å²) in [7, 11) is -1.41. The number of rotatable bonds is 8. The number of carbonyl (C=O) groups excluding carboxylic acids is 3. The molecule has 2 aliphatic rings. The van der Waals surface area contributed by atoms with Crippen molar-refractivity contribution in [3.8, 4) is 0 Å². The first-order valence-electron chi connectivity index (χ1n) is 10.9. The standard InChI is InChI=1S/C22H38N2O5Si/c1-9-12-28-20(27)24-11-10-15(14(24)2)17(25)13-16-18(19(26)23-16)22(6,21(3,4)5)29-30(7)8/h9,14-16,18,30H,1,10-13H2,2-8H3,(H,23,26)/t14?,15?,16-,18-,22-/m1/s1. The molecule has 0 saturated carbocycles. The van der Waals surface area contributed by atoms with Crippen molar-refractivity contribution in [3.05, 3.63) is 12.7 Å². The number of nitrogens with one attached hydrogen (secondary N) is 1. The van der Waals surface area contributed by atoms with Crippen LogP contribution in [0.5, 0.6) is 0 Å². The molecule has 8 heteroatoms. The van der Waals surface area contributed by atoms with E-state index in [0.29, 0.717) is 13.0 Å². The van der Waals surface area contributed by atoms with Crippen molar-refractivity contribution in [2.45, 2.75) is 78.2 Å². The minimum Gasteiger partial charge on any atom is -0.445 e. The maximum atomic E-state index is 13.1. The van der Waals surface area contributed by atoms with Gasteiger partial charge in [0, 0.05) is 24.9 Å². The van der Waals surface area contributed by atoms with Crippen LogP contribution in [0.3, 0.4) is 0 Å². The predicted molar refractivity (Wildman–Crippen MR) is 119 cm³/mol. The Balaban J connectivity index is 2.09. The third kappa shape index (κ3) is 4.80. The fourth-order valence-electron chi connectivity index (χ4n) is 4.66. The summed E-state index contributed by atoms with van der Waals surface area (Å²) < 4.78 is 11.5. The van der Waals surface area contributed by atoms with E-state index in [1.165, 1.54) is 6.08 Å². The molecule has 0 radical (unpaired) electrons. The van der Waals surface area contributed by atoms with E-state index in [-0.39, 0.29) is 54.1 Å². The highest BCUT2D eigenvalue weighted by atomic mass is 28.3. The molecule has 0 spiro atoms. The highest BCUT2D eigenvalue weighted by Crippen LogP contribution is 2.45. The number of ether oxygens (including phenoxy) is 1. The summed E-state index contributed by atoms with van der Waals surface area (Å²) in [5.41, 5.74) is -0.886. The largest absolute Gasteiger partial charge is 0.445 e. The van der Waals surface area contributed by atoms with Gasteiger partial charge in [0.2, 0.25) is 5.91 Å². The van der Waals surface area contributed by atoms with Crippen LogP contribution in [0.2, 0.25) is 13.1 Å². The SMILES string of the molecule is C=CCOC(=O)N1CCC(C(=O)C[C@H]2NC(=O)[C@@H]2[C@@](C)(O[SiH](C)C)C(C)(C)C)C1C. The molecule has 2 saturated heterocycles. The fraction of sp³-hybridized carbons (Fsp3) is 0.773. The smallest absolute Gasteiger partial charge is 0.410 e. The maximum Gasteiger partial charge on any atom is 0.410 e. The van der Waals surface area contributed by atoms with E-state index in [1.807, 2.05) is 13.8 Å². The molecular weight excluding hydrogens is 400 g/mol. The Hall–Kier alpha value is -1.67. The third-order valence-electron chi connectivity index (χ3n) is 6.72. The summed E-state index contributed by atoms with van der Waals surface area (Å²) in [4.78, 5) is 39.5. The second-order valence-electron chi connectivity index (χ2n) is 9.98. The molecule has 0 aromatic rings. The van der Waals surface area contributed by atoms with Gasteiger partial charge in [-0.05, 0) is 38.8 Å². The van der Waals surface area contributed by atoms with Crippen LogP contribution < -0.4 is 5.32 Å². The quantitative estimate of drug-likeness (QED) is 0.358. The summed E-state index contributed by atoms with van der Waals surface area (Å²) in [6.45, 7) is 18.5. The number of Topliss-reactive ketones (excluding diaryl/α,β-unsaturated/α-hetero) is 1. The summed E-state index contributed by atoms with van der Waals surface area (Å²) in [5.74, 6) is -0.578. The Kier molecular flexibility index (Phi) is 7.56. The van der Waals surface area contributed by atoms with Crippen molar-refractivity contribution < 1.29 is 23.5 Å². The van der Waals surface area contributed by atoms with Gasteiger partial charge in [0.15, 0.2) is 9.04 Å².